The van der Waals surface area contributed by atoms with Crippen molar-refractivity contribution in [3.05, 3.63) is 41.2 Å². The van der Waals surface area contributed by atoms with Gasteiger partial charge in [0.25, 0.3) is 0 Å². The first-order valence-electron chi connectivity index (χ1n) is 8.40. The number of nitrogen functional groups attached to an aromatic ring is 1. The molecule has 0 radical (unpaired) electrons. The number of anilines is 2. The topological polar surface area (TPSA) is 80.4 Å². The molecule has 4 rings (SSSR count). The molecule has 7 nitrogen and oxygen atoms in total. The van der Waals surface area contributed by atoms with Gasteiger partial charge < -0.3 is 15.4 Å². The van der Waals surface area contributed by atoms with Crippen molar-refractivity contribution in [2.45, 2.75) is 19.5 Å². The van der Waals surface area contributed by atoms with Crippen LogP contribution < -0.4 is 10.6 Å². The highest BCUT2D eigenvalue weighted by molar-refractivity contribution is 5.35. The molecule has 0 spiro atoms. The van der Waals surface area contributed by atoms with Gasteiger partial charge in [-0.25, -0.2) is 0 Å². The summed E-state index contributed by atoms with van der Waals surface area (Å²) in [7, 11) is 0. The minimum absolute atomic E-state index is 0.291. The Bertz CT molecular complexity index is 716. The molecule has 7 heteroatoms. The van der Waals surface area contributed by atoms with Crippen molar-refractivity contribution in [2.24, 2.45) is 0 Å². The van der Waals surface area contributed by atoms with Crippen LogP contribution in [0.1, 0.15) is 17.0 Å². The Morgan fingerprint density at radius 1 is 1.00 bits per heavy atom. The maximum absolute atomic E-state index is 5.91. The quantitative estimate of drug-likeness (QED) is 0.895. The third-order valence-electron chi connectivity index (χ3n) is 4.56. The number of fused-ring (bicyclic) bond motifs is 1. The van der Waals surface area contributed by atoms with Crippen LogP contribution in [0, 0.1) is 0 Å². The molecular weight excluding hydrogens is 304 g/mol. The van der Waals surface area contributed by atoms with Gasteiger partial charge in [0, 0.05) is 26.2 Å². The minimum Gasteiger partial charge on any atom is -0.378 e. The minimum atomic E-state index is 0.291. The normalized spacial score (nSPS) is 18.4. The number of hydrogen-bond donors (Lipinski definition) is 1. The van der Waals surface area contributed by atoms with Gasteiger partial charge in [0.2, 0.25) is 11.9 Å². The Balaban J connectivity index is 1.49. The number of nitrogens with zero attached hydrogens (tertiary/aromatic N) is 5. The molecule has 1 aromatic heterocycles. The Morgan fingerprint density at radius 3 is 2.62 bits per heavy atom. The van der Waals surface area contributed by atoms with Crippen LogP contribution in [-0.4, -0.2) is 52.7 Å². The second kappa shape index (κ2) is 6.70. The molecule has 1 saturated heterocycles. The predicted octanol–water partition coefficient (Wildman–Crippen LogP) is 0.849. The van der Waals surface area contributed by atoms with Crippen molar-refractivity contribution in [3.8, 4) is 0 Å². The zero-order valence-electron chi connectivity index (χ0n) is 13.7. The fourth-order valence-electron chi connectivity index (χ4n) is 3.29. The molecular formula is C17H22N6O. The first-order chi connectivity index (χ1) is 11.8. The van der Waals surface area contributed by atoms with E-state index in [1.165, 1.54) is 11.1 Å². The Morgan fingerprint density at radius 2 is 1.79 bits per heavy atom. The number of morpholine rings is 1. The highest BCUT2D eigenvalue weighted by Crippen LogP contribution is 2.20. The SMILES string of the molecule is Nc1nc(CN2CCc3ccccc3C2)nc(N2CCOCC2)n1. The summed E-state index contributed by atoms with van der Waals surface area (Å²) >= 11 is 0. The fraction of sp³-hybridized carbons (Fsp3) is 0.471. The molecule has 0 bridgehead atoms. The van der Waals surface area contributed by atoms with Gasteiger partial charge in [0.1, 0.15) is 5.82 Å². The van der Waals surface area contributed by atoms with E-state index in [0.717, 1.165) is 38.4 Å². The molecule has 2 aliphatic heterocycles. The number of ether oxygens (including phenoxy) is 1. The molecule has 3 heterocycles. The molecule has 126 valence electrons. The molecule has 1 aromatic carbocycles. The lowest BCUT2D eigenvalue weighted by Crippen LogP contribution is -2.38. The Hall–Kier alpha value is -2.25. The smallest absolute Gasteiger partial charge is 0.230 e. The predicted molar refractivity (Wildman–Crippen MR) is 91.5 cm³/mol. The van der Waals surface area contributed by atoms with E-state index in [1.807, 2.05) is 0 Å². The largest absolute Gasteiger partial charge is 0.378 e. The van der Waals surface area contributed by atoms with E-state index in [1.54, 1.807) is 0 Å². The molecule has 2 N–H and O–H groups in total. The molecule has 2 aliphatic rings. The molecule has 0 aliphatic carbocycles. The fourth-order valence-corrected chi connectivity index (χ4v) is 3.29. The number of rotatable bonds is 3. The van der Waals surface area contributed by atoms with Crippen molar-refractivity contribution in [1.29, 1.82) is 0 Å². The second-order valence-corrected chi connectivity index (χ2v) is 6.24. The van der Waals surface area contributed by atoms with Crippen LogP contribution in [0.5, 0.6) is 0 Å². The molecule has 2 aromatic rings. The lowest BCUT2D eigenvalue weighted by Gasteiger charge is -2.29. The van der Waals surface area contributed by atoms with Crippen LogP contribution in [0.2, 0.25) is 0 Å². The summed E-state index contributed by atoms with van der Waals surface area (Å²) in [4.78, 5) is 17.7. The molecule has 0 saturated carbocycles. The summed E-state index contributed by atoms with van der Waals surface area (Å²) in [6.07, 6.45) is 1.06. The third kappa shape index (κ3) is 3.32. The zero-order chi connectivity index (χ0) is 16.4. The van der Waals surface area contributed by atoms with Crippen molar-refractivity contribution >= 4 is 11.9 Å². The van der Waals surface area contributed by atoms with Crippen molar-refractivity contribution < 1.29 is 4.74 Å². The molecule has 1 fully saturated rings. The van der Waals surface area contributed by atoms with E-state index in [4.69, 9.17) is 10.5 Å². The Kier molecular flexibility index (Phi) is 4.27. The van der Waals surface area contributed by atoms with Gasteiger partial charge in [-0.2, -0.15) is 15.0 Å². The average molecular weight is 326 g/mol. The van der Waals surface area contributed by atoms with E-state index in [9.17, 15) is 0 Å². The summed E-state index contributed by atoms with van der Waals surface area (Å²) in [5.41, 5.74) is 8.74. The van der Waals surface area contributed by atoms with Crippen LogP contribution in [-0.2, 0) is 24.2 Å². The zero-order valence-corrected chi connectivity index (χ0v) is 13.7. The number of aromatic nitrogens is 3. The second-order valence-electron chi connectivity index (χ2n) is 6.24. The van der Waals surface area contributed by atoms with Gasteiger partial charge >= 0.3 is 0 Å². The number of benzene rings is 1. The third-order valence-corrected chi connectivity index (χ3v) is 4.56. The lowest BCUT2D eigenvalue weighted by atomic mass is 10.00. The highest BCUT2D eigenvalue weighted by Gasteiger charge is 2.19. The van der Waals surface area contributed by atoms with Crippen molar-refractivity contribution in [2.75, 3.05) is 43.5 Å². The molecule has 24 heavy (non-hydrogen) atoms. The van der Waals surface area contributed by atoms with E-state index in [-0.39, 0.29) is 0 Å². The summed E-state index contributed by atoms with van der Waals surface area (Å²) in [5.74, 6) is 1.69. The summed E-state index contributed by atoms with van der Waals surface area (Å²) in [6.45, 7) is 5.61. The van der Waals surface area contributed by atoms with Gasteiger partial charge in [0.15, 0.2) is 0 Å². The summed E-state index contributed by atoms with van der Waals surface area (Å²) in [6, 6.07) is 8.61. The van der Waals surface area contributed by atoms with E-state index in [0.29, 0.717) is 31.7 Å². The van der Waals surface area contributed by atoms with Crippen molar-refractivity contribution in [1.82, 2.24) is 19.9 Å². The first kappa shape index (κ1) is 15.3. The highest BCUT2D eigenvalue weighted by atomic mass is 16.5. The Labute approximate surface area is 141 Å². The lowest BCUT2D eigenvalue weighted by molar-refractivity contribution is 0.122. The number of hydrogen-bond acceptors (Lipinski definition) is 7. The van der Waals surface area contributed by atoms with Crippen LogP contribution >= 0.6 is 0 Å². The maximum atomic E-state index is 5.91. The summed E-state index contributed by atoms with van der Waals surface area (Å²) in [5, 5.41) is 0. The van der Waals surface area contributed by atoms with Crippen LogP contribution in [0.4, 0.5) is 11.9 Å². The monoisotopic (exact) mass is 326 g/mol. The average Bonchev–Trinajstić information content (AvgIpc) is 2.62. The first-order valence-corrected chi connectivity index (χ1v) is 8.40. The van der Waals surface area contributed by atoms with E-state index >= 15 is 0 Å². The summed E-state index contributed by atoms with van der Waals surface area (Å²) < 4.78 is 5.38. The van der Waals surface area contributed by atoms with Gasteiger partial charge in [-0.15, -0.1) is 0 Å². The van der Waals surface area contributed by atoms with Gasteiger partial charge in [-0.3, -0.25) is 4.90 Å². The van der Waals surface area contributed by atoms with Crippen molar-refractivity contribution in [3.63, 3.8) is 0 Å². The van der Waals surface area contributed by atoms with Gasteiger partial charge in [-0.1, -0.05) is 24.3 Å². The van der Waals surface area contributed by atoms with Crippen LogP contribution in [0.15, 0.2) is 24.3 Å². The van der Waals surface area contributed by atoms with Gasteiger partial charge in [0.05, 0.1) is 19.8 Å². The molecule has 0 unspecified atom stereocenters. The molecule has 0 amide bonds. The van der Waals surface area contributed by atoms with Gasteiger partial charge in [-0.05, 0) is 17.5 Å². The van der Waals surface area contributed by atoms with E-state index < -0.39 is 0 Å². The van der Waals surface area contributed by atoms with Crippen LogP contribution in [0.3, 0.4) is 0 Å². The standard InChI is InChI=1S/C17H22N6O/c18-16-19-15(20-17(21-16)23-7-9-24-10-8-23)12-22-6-5-13-3-1-2-4-14(13)11-22/h1-4H,5-12H2,(H2,18,19,20,21). The number of nitrogens with two attached hydrogens (primary N) is 1. The maximum Gasteiger partial charge on any atom is 0.230 e. The van der Waals surface area contributed by atoms with Crippen LogP contribution in [0.25, 0.3) is 0 Å². The van der Waals surface area contributed by atoms with E-state index in [2.05, 4.69) is 49.0 Å². The molecule has 0 atom stereocenters.